The molecule has 5 heteroatoms. The summed E-state index contributed by atoms with van der Waals surface area (Å²) in [6.07, 6.45) is 0. The molecule has 0 aliphatic carbocycles. The number of fused-ring (bicyclic) bond motifs is 7. The second-order valence-corrected chi connectivity index (χ2v) is 16.0. The minimum atomic E-state index is 0.862. The normalized spacial score (nSPS) is 11.6. The fourth-order valence-electron chi connectivity index (χ4n) is 9.18. The Kier molecular flexibility index (Phi) is 8.32. The van der Waals surface area contributed by atoms with Gasteiger partial charge in [0.1, 0.15) is 11.0 Å². The molecule has 0 atom stereocenters. The van der Waals surface area contributed by atoms with Crippen LogP contribution in [0.5, 0.6) is 0 Å². The molecule has 0 radical (unpaired) electrons. The highest BCUT2D eigenvalue weighted by Crippen LogP contribution is 2.46. The van der Waals surface area contributed by atoms with Gasteiger partial charge in [-0.2, -0.15) is 8.75 Å². The lowest BCUT2D eigenvalue weighted by atomic mass is 9.94. The van der Waals surface area contributed by atoms with E-state index in [9.17, 15) is 0 Å². The highest BCUT2D eigenvalue weighted by Gasteiger charge is 2.23. The van der Waals surface area contributed by atoms with Crippen LogP contribution >= 0.6 is 11.7 Å². The molecule has 0 N–H and O–H groups in total. The number of anilines is 3. The molecule has 12 aromatic rings. The summed E-state index contributed by atoms with van der Waals surface area (Å²) < 4.78 is 12.5. The van der Waals surface area contributed by atoms with E-state index >= 15 is 0 Å². The van der Waals surface area contributed by atoms with E-state index in [0.29, 0.717) is 0 Å². The number of benzene rings is 10. The van der Waals surface area contributed by atoms with Gasteiger partial charge in [-0.3, -0.25) is 0 Å². The van der Waals surface area contributed by atoms with Crippen LogP contribution in [0.25, 0.3) is 93.5 Å². The molecule has 4 nitrogen and oxygen atoms in total. The topological polar surface area (TPSA) is 34.0 Å². The van der Waals surface area contributed by atoms with Crippen LogP contribution in [0.15, 0.2) is 218 Å². The van der Waals surface area contributed by atoms with Crippen molar-refractivity contribution in [2.45, 2.75) is 0 Å². The molecule has 286 valence electrons. The van der Waals surface area contributed by atoms with Gasteiger partial charge >= 0.3 is 0 Å². The predicted octanol–water partition coefficient (Wildman–Crippen LogP) is 15.6. The second-order valence-electron chi connectivity index (χ2n) is 15.5. The lowest BCUT2D eigenvalue weighted by Gasteiger charge is -2.26. The molecule has 0 aliphatic heterocycles. The highest BCUT2D eigenvalue weighted by molar-refractivity contribution is 7.00. The second kappa shape index (κ2) is 14.5. The van der Waals surface area contributed by atoms with Gasteiger partial charge in [0, 0.05) is 38.8 Å². The molecule has 2 aromatic heterocycles. The van der Waals surface area contributed by atoms with Crippen molar-refractivity contribution in [3.05, 3.63) is 218 Å². The molecule has 2 heterocycles. The summed E-state index contributed by atoms with van der Waals surface area (Å²) in [6, 6.07) is 78.5. The minimum absolute atomic E-state index is 0.862. The van der Waals surface area contributed by atoms with Crippen LogP contribution in [-0.2, 0) is 0 Å². The Morgan fingerprint density at radius 1 is 0.393 bits per heavy atom. The summed E-state index contributed by atoms with van der Waals surface area (Å²) in [5, 5.41) is 7.30. The fourth-order valence-corrected chi connectivity index (χ4v) is 9.75. The minimum Gasteiger partial charge on any atom is -0.309 e. The zero-order valence-corrected chi connectivity index (χ0v) is 33.8. The van der Waals surface area contributed by atoms with Gasteiger partial charge in [-0.1, -0.05) is 158 Å². The van der Waals surface area contributed by atoms with E-state index in [1.54, 1.807) is 0 Å². The number of rotatable bonds is 7. The summed E-state index contributed by atoms with van der Waals surface area (Å²) in [7, 11) is 0. The zero-order valence-electron chi connectivity index (χ0n) is 33.0. The average molecular weight is 797 g/mol. The van der Waals surface area contributed by atoms with E-state index in [1.807, 2.05) is 0 Å². The van der Waals surface area contributed by atoms with E-state index in [1.165, 1.54) is 77.3 Å². The molecule has 0 saturated carbocycles. The van der Waals surface area contributed by atoms with E-state index in [0.717, 1.165) is 44.9 Å². The monoisotopic (exact) mass is 796 g/mol. The molecule has 10 aromatic carbocycles. The van der Waals surface area contributed by atoms with Crippen molar-refractivity contribution in [1.82, 2.24) is 13.3 Å². The van der Waals surface area contributed by atoms with Crippen molar-refractivity contribution in [2.75, 3.05) is 4.90 Å². The zero-order chi connectivity index (χ0) is 40.3. The Morgan fingerprint density at radius 3 is 1.79 bits per heavy atom. The van der Waals surface area contributed by atoms with Crippen LogP contribution in [-0.4, -0.2) is 13.3 Å². The molecule has 61 heavy (non-hydrogen) atoms. The first-order valence-electron chi connectivity index (χ1n) is 20.6. The molecule has 0 aliphatic rings. The van der Waals surface area contributed by atoms with E-state index in [4.69, 9.17) is 8.75 Å². The van der Waals surface area contributed by atoms with Crippen LogP contribution in [0.2, 0.25) is 0 Å². The van der Waals surface area contributed by atoms with E-state index in [2.05, 4.69) is 228 Å². The van der Waals surface area contributed by atoms with Crippen molar-refractivity contribution in [1.29, 1.82) is 0 Å². The highest BCUT2D eigenvalue weighted by atomic mass is 32.1. The molecule has 0 bridgehead atoms. The summed E-state index contributed by atoms with van der Waals surface area (Å²) in [6.45, 7) is 0. The SMILES string of the molecule is c1ccc(-c2ccc(N(c3ccc(-c4ccc5ccccc5c4)cc3)c3ccc(-c4cccc5ccc6c7ccccc7n(-c7ccccc7)c6c45)c4nsnc34)cc2)cc1. The molecule has 0 amide bonds. The van der Waals surface area contributed by atoms with Gasteiger partial charge in [-0.15, -0.1) is 0 Å². The Bertz CT molecular complexity index is 3570. The Morgan fingerprint density at radius 2 is 1.00 bits per heavy atom. The lowest BCUT2D eigenvalue weighted by molar-refractivity contribution is 1.19. The van der Waals surface area contributed by atoms with Crippen molar-refractivity contribution >= 4 is 83.2 Å². The Labute approximate surface area is 357 Å². The van der Waals surface area contributed by atoms with Crippen molar-refractivity contribution in [2.24, 2.45) is 0 Å². The summed E-state index contributed by atoms with van der Waals surface area (Å²) in [5.41, 5.74) is 15.2. The van der Waals surface area contributed by atoms with Gasteiger partial charge in [0.05, 0.1) is 28.4 Å². The molecule has 0 saturated heterocycles. The third kappa shape index (κ3) is 5.89. The van der Waals surface area contributed by atoms with Gasteiger partial charge in [-0.05, 0) is 105 Å². The van der Waals surface area contributed by atoms with Gasteiger partial charge in [0.2, 0.25) is 0 Å². The van der Waals surface area contributed by atoms with E-state index < -0.39 is 0 Å². The van der Waals surface area contributed by atoms with Crippen molar-refractivity contribution in [3.63, 3.8) is 0 Å². The van der Waals surface area contributed by atoms with Gasteiger partial charge < -0.3 is 9.47 Å². The first-order chi connectivity index (χ1) is 30.3. The molecule has 0 fully saturated rings. The molecular formula is C56H36N4S. The molecule has 0 spiro atoms. The fraction of sp³-hybridized carbons (Fsp3) is 0. The summed E-state index contributed by atoms with van der Waals surface area (Å²) in [4.78, 5) is 2.32. The van der Waals surface area contributed by atoms with Crippen LogP contribution in [0.1, 0.15) is 0 Å². The number of nitrogens with zero attached hydrogens (tertiary/aromatic N) is 4. The molecule has 0 unspecified atom stereocenters. The maximum absolute atomic E-state index is 5.07. The lowest BCUT2D eigenvalue weighted by Crippen LogP contribution is -2.10. The number of aromatic nitrogens is 3. The maximum atomic E-state index is 5.07. The quantitative estimate of drug-likeness (QED) is 0.161. The van der Waals surface area contributed by atoms with Gasteiger partial charge in [-0.25, -0.2) is 0 Å². The van der Waals surface area contributed by atoms with Crippen molar-refractivity contribution in [3.8, 4) is 39.1 Å². The van der Waals surface area contributed by atoms with Crippen LogP contribution in [0.3, 0.4) is 0 Å². The average Bonchev–Trinajstić information content (AvgIpc) is 3.97. The van der Waals surface area contributed by atoms with Gasteiger partial charge in [0.15, 0.2) is 0 Å². The Balaban J connectivity index is 1.04. The summed E-state index contributed by atoms with van der Waals surface area (Å²) in [5.74, 6) is 0. The smallest absolute Gasteiger partial charge is 0.129 e. The third-order valence-electron chi connectivity index (χ3n) is 12.1. The Hall–Kier alpha value is -7.86. The number of hydrogen-bond donors (Lipinski definition) is 0. The standard InChI is InChI=1S/C56H36N4S/c1-3-12-37(13-4-1)39-24-29-45(30-25-39)59(46-31-26-40(27-32-46)43-23-22-38-14-7-8-15-42(38)36-43)52-35-34-49(54-55(52)58-61-57-54)48-20-11-16-41-28-33-50-47-19-9-10-21-51(47)60(56(50)53(41)48)44-17-5-2-6-18-44/h1-36H. The largest absolute Gasteiger partial charge is 0.309 e. The maximum Gasteiger partial charge on any atom is 0.129 e. The van der Waals surface area contributed by atoms with Crippen LogP contribution in [0.4, 0.5) is 17.1 Å². The first kappa shape index (κ1) is 35.1. The number of para-hydroxylation sites is 2. The first-order valence-corrected chi connectivity index (χ1v) is 21.3. The third-order valence-corrected chi connectivity index (χ3v) is 12.6. The van der Waals surface area contributed by atoms with Crippen molar-refractivity contribution < 1.29 is 0 Å². The summed E-state index contributed by atoms with van der Waals surface area (Å²) >= 11 is 1.26. The van der Waals surface area contributed by atoms with Crippen LogP contribution in [0, 0.1) is 0 Å². The molecule has 12 rings (SSSR count). The predicted molar refractivity (Wildman–Crippen MR) is 258 cm³/mol. The van der Waals surface area contributed by atoms with Gasteiger partial charge in [0.25, 0.3) is 0 Å². The molecular weight excluding hydrogens is 761 g/mol. The van der Waals surface area contributed by atoms with Crippen LogP contribution < -0.4 is 4.90 Å². The van der Waals surface area contributed by atoms with E-state index in [-0.39, 0.29) is 0 Å². The number of hydrogen-bond acceptors (Lipinski definition) is 4.